The van der Waals surface area contributed by atoms with Crippen LogP contribution in [-0.4, -0.2) is 47.0 Å². The molecule has 1 fully saturated rings. The first-order chi connectivity index (χ1) is 12.7. The predicted octanol–water partition coefficient (Wildman–Crippen LogP) is 3.42. The van der Waals surface area contributed by atoms with Crippen molar-refractivity contribution in [3.63, 3.8) is 0 Å². The maximum Gasteiger partial charge on any atom is 0.274 e. The molecule has 3 rings (SSSR count). The minimum Gasteiger partial charge on any atom is -0.356 e. The molecule has 1 aliphatic rings. The van der Waals surface area contributed by atoms with Crippen LogP contribution in [0.4, 0.5) is 5.82 Å². The standard InChI is InChI=1S/C21H28N4O/c1-3-24(4-2)20-16-22-19(15-23-20)21(26)25-12-10-18(11-13-25)14-17-8-6-5-7-9-17/h5-9,15-16,18H,3-4,10-14H2,1-2H3. The Bertz CT molecular complexity index is 690. The smallest absolute Gasteiger partial charge is 0.274 e. The highest BCUT2D eigenvalue weighted by molar-refractivity contribution is 5.92. The Morgan fingerprint density at radius 2 is 1.77 bits per heavy atom. The number of benzene rings is 1. The summed E-state index contributed by atoms with van der Waals surface area (Å²) in [7, 11) is 0. The third-order valence-electron chi connectivity index (χ3n) is 5.21. The Hall–Kier alpha value is -2.43. The van der Waals surface area contributed by atoms with Crippen molar-refractivity contribution in [2.24, 2.45) is 5.92 Å². The highest BCUT2D eigenvalue weighted by Crippen LogP contribution is 2.22. The molecule has 0 bridgehead atoms. The Kier molecular flexibility index (Phi) is 6.21. The zero-order valence-electron chi connectivity index (χ0n) is 15.8. The van der Waals surface area contributed by atoms with E-state index in [-0.39, 0.29) is 5.91 Å². The van der Waals surface area contributed by atoms with Gasteiger partial charge in [0.25, 0.3) is 5.91 Å². The summed E-state index contributed by atoms with van der Waals surface area (Å²) in [4.78, 5) is 25.5. The van der Waals surface area contributed by atoms with E-state index in [1.54, 1.807) is 12.4 Å². The molecule has 0 aliphatic carbocycles. The lowest BCUT2D eigenvalue weighted by molar-refractivity contribution is 0.0684. The second-order valence-electron chi connectivity index (χ2n) is 6.86. The fraction of sp³-hybridized carbons (Fsp3) is 0.476. The van der Waals surface area contributed by atoms with Gasteiger partial charge in [-0.1, -0.05) is 30.3 Å². The van der Waals surface area contributed by atoms with Crippen molar-refractivity contribution in [1.29, 1.82) is 0 Å². The fourth-order valence-corrected chi connectivity index (χ4v) is 3.59. The first-order valence-corrected chi connectivity index (χ1v) is 9.61. The first kappa shape index (κ1) is 18.4. The van der Waals surface area contributed by atoms with Crippen LogP contribution in [0.1, 0.15) is 42.7 Å². The molecule has 5 heteroatoms. The number of hydrogen-bond acceptors (Lipinski definition) is 4. The molecule has 1 saturated heterocycles. The highest BCUT2D eigenvalue weighted by atomic mass is 16.2. The fourth-order valence-electron chi connectivity index (χ4n) is 3.59. The van der Waals surface area contributed by atoms with E-state index in [1.165, 1.54) is 5.56 Å². The Labute approximate surface area is 156 Å². The molecule has 0 atom stereocenters. The Balaban J connectivity index is 1.55. The van der Waals surface area contributed by atoms with Gasteiger partial charge in [-0.15, -0.1) is 0 Å². The van der Waals surface area contributed by atoms with Crippen LogP contribution in [0.15, 0.2) is 42.7 Å². The van der Waals surface area contributed by atoms with Crippen molar-refractivity contribution in [1.82, 2.24) is 14.9 Å². The summed E-state index contributed by atoms with van der Waals surface area (Å²) in [6, 6.07) is 10.6. The summed E-state index contributed by atoms with van der Waals surface area (Å²) in [5.41, 5.74) is 1.83. The van der Waals surface area contributed by atoms with E-state index < -0.39 is 0 Å². The van der Waals surface area contributed by atoms with Gasteiger partial charge < -0.3 is 9.80 Å². The van der Waals surface area contributed by atoms with Gasteiger partial charge in [0.15, 0.2) is 0 Å². The van der Waals surface area contributed by atoms with Crippen LogP contribution >= 0.6 is 0 Å². The Morgan fingerprint density at radius 3 is 2.35 bits per heavy atom. The molecule has 0 N–H and O–H groups in total. The SMILES string of the molecule is CCN(CC)c1cnc(C(=O)N2CCC(Cc3ccccc3)CC2)cn1. The monoisotopic (exact) mass is 352 g/mol. The molecule has 26 heavy (non-hydrogen) atoms. The van der Waals surface area contributed by atoms with E-state index in [0.29, 0.717) is 11.6 Å². The maximum absolute atomic E-state index is 12.7. The van der Waals surface area contributed by atoms with Crippen molar-refractivity contribution >= 4 is 11.7 Å². The molecule has 0 unspecified atom stereocenters. The quantitative estimate of drug-likeness (QED) is 0.799. The first-order valence-electron chi connectivity index (χ1n) is 9.61. The van der Waals surface area contributed by atoms with E-state index in [2.05, 4.69) is 59.0 Å². The van der Waals surface area contributed by atoms with Crippen LogP contribution < -0.4 is 4.90 Å². The van der Waals surface area contributed by atoms with Gasteiger partial charge in [-0.05, 0) is 44.6 Å². The molecule has 2 aromatic rings. The lowest BCUT2D eigenvalue weighted by Gasteiger charge is -2.32. The molecule has 0 radical (unpaired) electrons. The number of carbonyl (C=O) groups excluding carboxylic acids is 1. The van der Waals surface area contributed by atoms with Crippen molar-refractivity contribution in [3.8, 4) is 0 Å². The van der Waals surface area contributed by atoms with Gasteiger partial charge in [0.05, 0.1) is 12.4 Å². The number of likely N-dealkylation sites (tertiary alicyclic amines) is 1. The summed E-state index contributed by atoms with van der Waals surface area (Å²) < 4.78 is 0. The molecule has 0 spiro atoms. The van der Waals surface area contributed by atoms with E-state index in [9.17, 15) is 4.79 Å². The predicted molar refractivity (Wildman–Crippen MR) is 104 cm³/mol. The number of amides is 1. The average Bonchev–Trinajstić information content (AvgIpc) is 2.70. The third-order valence-corrected chi connectivity index (χ3v) is 5.21. The second-order valence-corrected chi connectivity index (χ2v) is 6.86. The van der Waals surface area contributed by atoms with E-state index in [1.807, 2.05) is 4.90 Å². The number of rotatable bonds is 6. The van der Waals surface area contributed by atoms with Crippen LogP contribution in [0.3, 0.4) is 0 Å². The molecular formula is C21H28N4O. The van der Waals surface area contributed by atoms with Gasteiger partial charge in [-0.2, -0.15) is 0 Å². The molecule has 1 amide bonds. The van der Waals surface area contributed by atoms with Crippen molar-refractivity contribution in [3.05, 3.63) is 54.0 Å². The number of hydrogen-bond donors (Lipinski definition) is 0. The summed E-state index contributed by atoms with van der Waals surface area (Å²) in [6.07, 6.45) is 6.52. The Morgan fingerprint density at radius 1 is 1.08 bits per heavy atom. The van der Waals surface area contributed by atoms with Crippen LogP contribution in [0.2, 0.25) is 0 Å². The van der Waals surface area contributed by atoms with Crippen molar-refractivity contribution in [2.75, 3.05) is 31.1 Å². The minimum absolute atomic E-state index is 0.00163. The van der Waals surface area contributed by atoms with Gasteiger partial charge >= 0.3 is 0 Å². The van der Waals surface area contributed by atoms with Crippen molar-refractivity contribution < 1.29 is 4.79 Å². The van der Waals surface area contributed by atoms with Gasteiger partial charge in [-0.3, -0.25) is 4.79 Å². The maximum atomic E-state index is 12.7. The number of carbonyl (C=O) groups is 1. The molecule has 0 saturated carbocycles. The molecule has 1 aromatic heterocycles. The molecule has 1 aromatic carbocycles. The average molecular weight is 352 g/mol. The van der Waals surface area contributed by atoms with Gasteiger partial charge in [0.1, 0.15) is 11.5 Å². The van der Waals surface area contributed by atoms with Crippen LogP contribution in [0, 0.1) is 5.92 Å². The highest BCUT2D eigenvalue weighted by Gasteiger charge is 2.24. The zero-order chi connectivity index (χ0) is 18.4. The van der Waals surface area contributed by atoms with E-state index >= 15 is 0 Å². The zero-order valence-corrected chi connectivity index (χ0v) is 15.8. The second kappa shape index (κ2) is 8.79. The molecule has 5 nitrogen and oxygen atoms in total. The van der Waals surface area contributed by atoms with Gasteiger partial charge in [0.2, 0.25) is 0 Å². The van der Waals surface area contributed by atoms with Crippen LogP contribution in [0.25, 0.3) is 0 Å². The van der Waals surface area contributed by atoms with Crippen molar-refractivity contribution in [2.45, 2.75) is 33.1 Å². The number of aromatic nitrogens is 2. The molecule has 2 heterocycles. The van der Waals surface area contributed by atoms with Gasteiger partial charge in [-0.25, -0.2) is 9.97 Å². The summed E-state index contributed by atoms with van der Waals surface area (Å²) in [5.74, 6) is 1.48. The number of anilines is 1. The van der Waals surface area contributed by atoms with E-state index in [0.717, 1.165) is 51.3 Å². The third kappa shape index (κ3) is 4.40. The molecular weight excluding hydrogens is 324 g/mol. The summed E-state index contributed by atoms with van der Waals surface area (Å²) in [6.45, 7) is 7.54. The van der Waals surface area contributed by atoms with Crippen LogP contribution in [0.5, 0.6) is 0 Å². The minimum atomic E-state index is 0.00163. The number of nitrogens with zero attached hydrogens (tertiary/aromatic N) is 4. The normalized spacial score (nSPS) is 15.1. The lowest BCUT2D eigenvalue weighted by atomic mass is 9.90. The van der Waals surface area contributed by atoms with Gasteiger partial charge in [0, 0.05) is 26.2 Å². The number of piperidine rings is 1. The molecule has 1 aliphatic heterocycles. The topological polar surface area (TPSA) is 49.3 Å². The van der Waals surface area contributed by atoms with E-state index in [4.69, 9.17) is 0 Å². The lowest BCUT2D eigenvalue weighted by Crippen LogP contribution is -2.39. The summed E-state index contributed by atoms with van der Waals surface area (Å²) >= 11 is 0. The largest absolute Gasteiger partial charge is 0.356 e. The van der Waals surface area contributed by atoms with Crippen LogP contribution in [-0.2, 0) is 6.42 Å². The molecule has 138 valence electrons. The summed E-state index contributed by atoms with van der Waals surface area (Å²) in [5, 5.41) is 0.